The Balaban J connectivity index is 2.45. The minimum atomic E-state index is 0.319. The summed E-state index contributed by atoms with van der Waals surface area (Å²) in [5.41, 5.74) is 3.05. The summed E-state index contributed by atoms with van der Waals surface area (Å²) in [7, 11) is 2.22. The molecule has 0 aromatic heterocycles. The number of hydrogen-bond acceptors (Lipinski definition) is 2. The summed E-state index contributed by atoms with van der Waals surface area (Å²) >= 11 is 0. The Morgan fingerprint density at radius 1 is 1.14 bits per heavy atom. The van der Waals surface area contributed by atoms with Crippen LogP contribution in [0.25, 0.3) is 0 Å². The first-order chi connectivity index (χ1) is 9.82. The topological polar surface area (TPSA) is 15.3 Å². The van der Waals surface area contributed by atoms with Crippen molar-refractivity contribution in [2.24, 2.45) is 5.41 Å². The smallest absolute Gasteiger partial charge is 0.0230 e. The molecule has 0 saturated carbocycles. The zero-order valence-corrected chi connectivity index (χ0v) is 14.9. The van der Waals surface area contributed by atoms with E-state index in [1.54, 1.807) is 0 Å². The van der Waals surface area contributed by atoms with Crippen LogP contribution in [0.5, 0.6) is 0 Å². The maximum atomic E-state index is 3.71. The van der Waals surface area contributed by atoms with E-state index in [2.05, 4.69) is 76.1 Å². The lowest BCUT2D eigenvalue weighted by Crippen LogP contribution is -2.42. The minimum absolute atomic E-state index is 0.319. The highest BCUT2D eigenvalue weighted by molar-refractivity contribution is 5.21. The van der Waals surface area contributed by atoms with Crippen LogP contribution >= 0.6 is 0 Å². The molecule has 0 heterocycles. The summed E-state index contributed by atoms with van der Waals surface area (Å²) in [4.78, 5) is 2.43. The molecular formula is C19H34N2. The van der Waals surface area contributed by atoms with Gasteiger partial charge in [-0.15, -0.1) is 0 Å². The lowest BCUT2D eigenvalue weighted by molar-refractivity contribution is 0.219. The molecule has 0 saturated heterocycles. The van der Waals surface area contributed by atoms with Gasteiger partial charge in [-0.2, -0.15) is 0 Å². The minimum Gasteiger partial charge on any atom is -0.313 e. The summed E-state index contributed by atoms with van der Waals surface area (Å²) in [5.74, 6) is 0. The molecule has 1 N–H and O–H groups in total. The van der Waals surface area contributed by atoms with Gasteiger partial charge in [-0.3, -0.25) is 0 Å². The number of aryl methyl sites for hydroxylation is 1. The molecule has 1 unspecified atom stereocenters. The van der Waals surface area contributed by atoms with Gasteiger partial charge in [-0.25, -0.2) is 0 Å². The lowest BCUT2D eigenvalue weighted by Gasteiger charge is -2.33. The molecule has 0 aliphatic rings. The van der Waals surface area contributed by atoms with Gasteiger partial charge in [0, 0.05) is 12.6 Å². The van der Waals surface area contributed by atoms with E-state index in [1.807, 2.05) is 0 Å². The fourth-order valence-corrected chi connectivity index (χ4v) is 2.59. The Labute approximate surface area is 131 Å². The Morgan fingerprint density at radius 2 is 1.76 bits per heavy atom. The molecule has 1 atom stereocenters. The van der Waals surface area contributed by atoms with Crippen molar-refractivity contribution in [3.05, 3.63) is 35.4 Å². The van der Waals surface area contributed by atoms with Crippen molar-refractivity contribution >= 4 is 0 Å². The quantitative estimate of drug-likeness (QED) is 0.770. The van der Waals surface area contributed by atoms with Crippen LogP contribution in [0.2, 0.25) is 0 Å². The molecule has 0 spiro atoms. The lowest BCUT2D eigenvalue weighted by atomic mass is 9.84. The number of benzene rings is 1. The van der Waals surface area contributed by atoms with Crippen molar-refractivity contribution in [1.82, 2.24) is 10.2 Å². The second kappa shape index (κ2) is 8.55. The van der Waals surface area contributed by atoms with Crippen LogP contribution in [-0.2, 0) is 6.54 Å². The Morgan fingerprint density at radius 3 is 2.29 bits per heavy atom. The summed E-state index contributed by atoms with van der Waals surface area (Å²) in [6.07, 6.45) is 2.40. The molecule has 2 nitrogen and oxygen atoms in total. The highest BCUT2D eigenvalue weighted by atomic mass is 15.1. The predicted octanol–water partition coefficient (Wildman–Crippen LogP) is 4.23. The van der Waals surface area contributed by atoms with E-state index in [0.717, 1.165) is 19.6 Å². The Kier molecular flexibility index (Phi) is 7.41. The molecule has 2 heteroatoms. The maximum absolute atomic E-state index is 3.71. The van der Waals surface area contributed by atoms with Gasteiger partial charge in [0.1, 0.15) is 0 Å². The van der Waals surface area contributed by atoms with Crippen LogP contribution in [0, 0.1) is 12.3 Å². The van der Waals surface area contributed by atoms with Gasteiger partial charge in [0.2, 0.25) is 0 Å². The summed E-state index contributed by atoms with van der Waals surface area (Å²) in [5, 5.41) is 3.71. The standard InChI is InChI=1S/C19H34N2/c1-7-13-20-18(19(3,4)5)12-14-21(6)15-17-10-8-16(2)9-11-17/h8-11,18,20H,7,12-15H2,1-6H3. The van der Waals surface area contributed by atoms with Crippen LogP contribution < -0.4 is 5.32 Å². The molecule has 0 fully saturated rings. The average molecular weight is 290 g/mol. The SMILES string of the molecule is CCCNC(CCN(C)Cc1ccc(C)cc1)C(C)(C)C. The van der Waals surface area contributed by atoms with Crippen molar-refractivity contribution < 1.29 is 0 Å². The van der Waals surface area contributed by atoms with E-state index < -0.39 is 0 Å². The third-order valence-corrected chi connectivity index (χ3v) is 4.06. The molecule has 21 heavy (non-hydrogen) atoms. The van der Waals surface area contributed by atoms with Crippen molar-refractivity contribution in [3.63, 3.8) is 0 Å². The molecule has 1 aromatic rings. The summed E-state index contributed by atoms with van der Waals surface area (Å²) < 4.78 is 0. The second-order valence-corrected chi connectivity index (χ2v) is 7.38. The van der Waals surface area contributed by atoms with Crippen LogP contribution in [0.15, 0.2) is 24.3 Å². The maximum Gasteiger partial charge on any atom is 0.0230 e. The first-order valence-corrected chi connectivity index (χ1v) is 8.30. The zero-order valence-electron chi connectivity index (χ0n) is 14.9. The van der Waals surface area contributed by atoms with Gasteiger partial charge in [0.15, 0.2) is 0 Å². The molecule has 120 valence electrons. The monoisotopic (exact) mass is 290 g/mol. The molecular weight excluding hydrogens is 256 g/mol. The predicted molar refractivity (Wildman–Crippen MR) is 93.7 cm³/mol. The third-order valence-electron chi connectivity index (χ3n) is 4.06. The van der Waals surface area contributed by atoms with Gasteiger partial charge in [-0.05, 0) is 50.9 Å². The summed E-state index contributed by atoms with van der Waals surface area (Å²) in [6, 6.07) is 9.46. The molecule has 0 aliphatic heterocycles. The second-order valence-electron chi connectivity index (χ2n) is 7.38. The van der Waals surface area contributed by atoms with Crippen molar-refractivity contribution in [2.75, 3.05) is 20.1 Å². The van der Waals surface area contributed by atoms with E-state index in [0.29, 0.717) is 11.5 Å². The van der Waals surface area contributed by atoms with Gasteiger partial charge < -0.3 is 10.2 Å². The Hall–Kier alpha value is -0.860. The van der Waals surface area contributed by atoms with E-state index >= 15 is 0 Å². The van der Waals surface area contributed by atoms with Crippen LogP contribution in [0.4, 0.5) is 0 Å². The third kappa shape index (κ3) is 7.10. The number of hydrogen-bond donors (Lipinski definition) is 1. The Bertz CT molecular complexity index is 389. The highest BCUT2D eigenvalue weighted by Gasteiger charge is 2.23. The van der Waals surface area contributed by atoms with Gasteiger partial charge in [-0.1, -0.05) is 57.5 Å². The summed E-state index contributed by atoms with van der Waals surface area (Å²) in [6.45, 7) is 14.7. The first kappa shape index (κ1) is 18.2. The van der Waals surface area contributed by atoms with Crippen molar-refractivity contribution in [1.29, 1.82) is 0 Å². The number of rotatable bonds is 8. The molecule has 0 amide bonds. The largest absolute Gasteiger partial charge is 0.313 e. The molecule has 0 radical (unpaired) electrons. The molecule has 0 bridgehead atoms. The van der Waals surface area contributed by atoms with Crippen molar-refractivity contribution in [2.45, 2.75) is 60.0 Å². The van der Waals surface area contributed by atoms with E-state index in [9.17, 15) is 0 Å². The zero-order chi connectivity index (χ0) is 15.9. The van der Waals surface area contributed by atoms with Crippen molar-refractivity contribution in [3.8, 4) is 0 Å². The highest BCUT2D eigenvalue weighted by Crippen LogP contribution is 2.22. The van der Waals surface area contributed by atoms with Gasteiger partial charge in [0.05, 0.1) is 0 Å². The van der Waals surface area contributed by atoms with Gasteiger partial charge >= 0.3 is 0 Å². The van der Waals surface area contributed by atoms with E-state index in [1.165, 1.54) is 24.0 Å². The molecule has 1 aromatic carbocycles. The van der Waals surface area contributed by atoms with Gasteiger partial charge in [0.25, 0.3) is 0 Å². The van der Waals surface area contributed by atoms with E-state index in [-0.39, 0.29) is 0 Å². The van der Waals surface area contributed by atoms with Crippen LogP contribution in [0.1, 0.15) is 51.7 Å². The number of nitrogens with one attached hydrogen (secondary N) is 1. The fraction of sp³-hybridized carbons (Fsp3) is 0.684. The normalized spacial score (nSPS) is 13.7. The van der Waals surface area contributed by atoms with Crippen LogP contribution in [-0.4, -0.2) is 31.1 Å². The van der Waals surface area contributed by atoms with Crippen LogP contribution in [0.3, 0.4) is 0 Å². The number of nitrogens with zero attached hydrogens (tertiary/aromatic N) is 1. The fourth-order valence-electron chi connectivity index (χ4n) is 2.59. The molecule has 1 rings (SSSR count). The first-order valence-electron chi connectivity index (χ1n) is 8.30. The molecule has 0 aliphatic carbocycles. The average Bonchev–Trinajstić information content (AvgIpc) is 2.40. The van der Waals surface area contributed by atoms with E-state index in [4.69, 9.17) is 0 Å².